The highest BCUT2D eigenvalue weighted by molar-refractivity contribution is 5.94. The second-order valence-corrected chi connectivity index (χ2v) is 8.05. The van der Waals surface area contributed by atoms with Crippen LogP contribution in [0.1, 0.15) is 24.4 Å². The molecule has 5 aromatic rings. The Morgan fingerprint density at radius 2 is 1.89 bits per heavy atom. The number of nitrogen functional groups attached to an aromatic ring is 1. The Morgan fingerprint density at radius 3 is 2.64 bits per heavy atom. The van der Waals surface area contributed by atoms with Gasteiger partial charge in [0.05, 0.1) is 35.0 Å². The van der Waals surface area contributed by atoms with Crippen LogP contribution in [-0.2, 0) is 0 Å². The molecule has 10 nitrogen and oxygen atoms in total. The molecule has 3 heterocycles. The lowest BCUT2D eigenvalue weighted by Crippen LogP contribution is -2.28. The summed E-state index contributed by atoms with van der Waals surface area (Å²) < 4.78 is 1.52. The summed E-state index contributed by atoms with van der Waals surface area (Å²) in [6, 6.07) is 17.5. The highest BCUT2D eigenvalue weighted by Gasteiger charge is 2.21. The molecule has 1 atom stereocenters. The van der Waals surface area contributed by atoms with Gasteiger partial charge in [0.1, 0.15) is 29.0 Å². The van der Waals surface area contributed by atoms with Gasteiger partial charge in [-0.3, -0.25) is 14.3 Å². The van der Waals surface area contributed by atoms with Crippen LogP contribution in [0.15, 0.2) is 78.0 Å². The summed E-state index contributed by atoms with van der Waals surface area (Å²) in [4.78, 5) is 31.0. The van der Waals surface area contributed by atoms with Gasteiger partial charge in [0.15, 0.2) is 0 Å². The summed E-state index contributed by atoms with van der Waals surface area (Å²) in [5, 5.41) is 23.0. The number of aromatic nitrogens is 5. The molecule has 5 rings (SSSR count). The van der Waals surface area contributed by atoms with Crippen molar-refractivity contribution in [3.8, 4) is 28.6 Å². The van der Waals surface area contributed by atoms with Gasteiger partial charge in [0.2, 0.25) is 5.95 Å². The molecule has 0 unspecified atom stereocenters. The Bertz CT molecular complexity index is 1690. The lowest BCUT2D eigenvalue weighted by molar-refractivity contribution is 0.473. The van der Waals surface area contributed by atoms with Gasteiger partial charge in [-0.15, -0.1) is 0 Å². The fraction of sp³-hybridized carbons (Fsp3) is 0.0769. The molecule has 36 heavy (non-hydrogen) atoms. The summed E-state index contributed by atoms with van der Waals surface area (Å²) in [6.07, 6.45) is 4.25. The van der Waals surface area contributed by atoms with Gasteiger partial charge >= 0.3 is 0 Å². The van der Waals surface area contributed by atoms with Crippen molar-refractivity contribution in [1.29, 1.82) is 5.26 Å². The van der Waals surface area contributed by atoms with Crippen molar-refractivity contribution in [1.82, 2.24) is 24.5 Å². The predicted molar refractivity (Wildman–Crippen MR) is 135 cm³/mol. The van der Waals surface area contributed by atoms with Gasteiger partial charge in [-0.05, 0) is 36.8 Å². The number of nitrogens with zero attached hydrogens (tertiary/aromatic N) is 6. The van der Waals surface area contributed by atoms with Gasteiger partial charge in [-0.1, -0.05) is 30.3 Å². The number of nitriles is 1. The smallest absolute Gasteiger partial charge is 0.266 e. The highest BCUT2D eigenvalue weighted by Crippen LogP contribution is 2.29. The van der Waals surface area contributed by atoms with Crippen LogP contribution in [-0.4, -0.2) is 29.6 Å². The van der Waals surface area contributed by atoms with E-state index in [1.54, 1.807) is 30.5 Å². The van der Waals surface area contributed by atoms with E-state index in [-0.39, 0.29) is 28.6 Å². The minimum Gasteiger partial charge on any atom is -0.506 e. The molecule has 10 heteroatoms. The molecule has 0 amide bonds. The van der Waals surface area contributed by atoms with E-state index in [0.717, 1.165) is 0 Å². The Labute approximate surface area is 205 Å². The number of rotatable bonds is 5. The molecule has 0 aliphatic carbocycles. The van der Waals surface area contributed by atoms with E-state index in [1.165, 1.54) is 17.0 Å². The van der Waals surface area contributed by atoms with E-state index in [0.29, 0.717) is 33.5 Å². The quantitative estimate of drug-likeness (QED) is 0.345. The predicted octanol–water partition coefficient (Wildman–Crippen LogP) is 3.57. The van der Waals surface area contributed by atoms with Crippen molar-refractivity contribution in [2.45, 2.75) is 13.0 Å². The Morgan fingerprint density at radius 1 is 1.08 bits per heavy atom. The third-order valence-electron chi connectivity index (χ3n) is 5.64. The number of hydrogen-bond donors (Lipinski definition) is 3. The lowest BCUT2D eigenvalue weighted by atomic mass is 10.0. The molecule has 2 aromatic carbocycles. The van der Waals surface area contributed by atoms with E-state index >= 15 is 0 Å². The molecule has 3 aromatic heterocycles. The fourth-order valence-electron chi connectivity index (χ4n) is 4.04. The van der Waals surface area contributed by atoms with Crippen molar-refractivity contribution in [3.63, 3.8) is 0 Å². The van der Waals surface area contributed by atoms with Crippen molar-refractivity contribution in [3.05, 3.63) is 94.9 Å². The van der Waals surface area contributed by atoms with Crippen LogP contribution in [0.25, 0.3) is 27.7 Å². The van der Waals surface area contributed by atoms with Crippen LogP contribution in [0.5, 0.6) is 5.75 Å². The standard InChI is InChI=1S/C26H20N8O2/c1-15(31-23-17(11-27)13-30-26(28)33-23)24-32-21-9-5-8-20(16-10-19(35)14-29-12-16)22(21)25(36)34(24)18-6-3-2-4-7-18/h2-10,12-15,35H,1H3,(H3,28,30,31,33)/t15-/m1/s1. The SMILES string of the molecule is C[C@@H](Nc1nc(N)ncc1C#N)c1nc2cccc(-c3cncc(O)c3)c2c(=O)n1-c1ccccc1. The first kappa shape index (κ1) is 22.5. The van der Waals surface area contributed by atoms with Crippen molar-refractivity contribution >= 4 is 22.7 Å². The van der Waals surface area contributed by atoms with Crippen LogP contribution in [0.3, 0.4) is 0 Å². The minimum absolute atomic E-state index is 0.00675. The van der Waals surface area contributed by atoms with Gasteiger partial charge < -0.3 is 16.2 Å². The largest absolute Gasteiger partial charge is 0.506 e. The summed E-state index contributed by atoms with van der Waals surface area (Å²) in [5.74, 6) is 0.657. The van der Waals surface area contributed by atoms with Crippen LogP contribution in [0.2, 0.25) is 0 Å². The molecule has 0 radical (unpaired) electrons. The lowest BCUT2D eigenvalue weighted by Gasteiger charge is -2.21. The van der Waals surface area contributed by atoms with E-state index < -0.39 is 6.04 Å². The zero-order chi connectivity index (χ0) is 25.2. The van der Waals surface area contributed by atoms with Crippen LogP contribution in [0.4, 0.5) is 11.8 Å². The Hall–Kier alpha value is -5.30. The molecular formula is C26H20N8O2. The third-order valence-corrected chi connectivity index (χ3v) is 5.64. The number of anilines is 2. The molecule has 0 aliphatic rings. The van der Waals surface area contributed by atoms with E-state index in [4.69, 9.17) is 10.7 Å². The molecule has 0 aliphatic heterocycles. The first-order valence-corrected chi connectivity index (χ1v) is 11.0. The monoisotopic (exact) mass is 476 g/mol. The summed E-state index contributed by atoms with van der Waals surface area (Å²) >= 11 is 0. The van der Waals surface area contributed by atoms with Gasteiger partial charge in [0.25, 0.3) is 5.56 Å². The molecule has 0 saturated heterocycles. The molecule has 4 N–H and O–H groups in total. The fourth-order valence-corrected chi connectivity index (χ4v) is 4.04. The molecule has 176 valence electrons. The van der Waals surface area contributed by atoms with E-state index in [1.807, 2.05) is 43.3 Å². The number of fused-ring (bicyclic) bond motifs is 1. The third kappa shape index (κ3) is 4.05. The second kappa shape index (κ2) is 9.15. The first-order valence-electron chi connectivity index (χ1n) is 11.0. The average molecular weight is 477 g/mol. The number of benzene rings is 2. The van der Waals surface area contributed by atoms with Crippen molar-refractivity contribution < 1.29 is 5.11 Å². The van der Waals surface area contributed by atoms with Crippen molar-refractivity contribution in [2.75, 3.05) is 11.1 Å². The number of pyridine rings is 1. The topological polar surface area (TPSA) is 156 Å². The molecular weight excluding hydrogens is 456 g/mol. The number of para-hydroxylation sites is 1. The maximum absolute atomic E-state index is 14.1. The van der Waals surface area contributed by atoms with Gasteiger partial charge in [-0.25, -0.2) is 9.97 Å². The maximum Gasteiger partial charge on any atom is 0.266 e. The van der Waals surface area contributed by atoms with Gasteiger partial charge in [-0.2, -0.15) is 10.2 Å². The summed E-state index contributed by atoms with van der Waals surface area (Å²) in [6.45, 7) is 1.81. The summed E-state index contributed by atoms with van der Waals surface area (Å²) in [5.41, 5.74) is 7.93. The Balaban J connectivity index is 1.75. The number of nitrogens with one attached hydrogen (secondary N) is 1. The first-order chi connectivity index (χ1) is 17.5. The summed E-state index contributed by atoms with van der Waals surface area (Å²) in [7, 11) is 0. The Kier molecular flexibility index (Phi) is 5.72. The number of aromatic hydroxyl groups is 1. The number of nitrogens with two attached hydrogens (primary N) is 1. The minimum atomic E-state index is -0.546. The second-order valence-electron chi connectivity index (χ2n) is 8.05. The molecule has 0 spiro atoms. The maximum atomic E-state index is 14.1. The van der Waals surface area contributed by atoms with Crippen LogP contribution in [0, 0.1) is 11.3 Å². The van der Waals surface area contributed by atoms with Gasteiger partial charge in [0, 0.05) is 11.8 Å². The molecule has 0 saturated carbocycles. The normalized spacial score (nSPS) is 11.7. The van der Waals surface area contributed by atoms with Crippen molar-refractivity contribution in [2.24, 2.45) is 0 Å². The average Bonchev–Trinajstić information content (AvgIpc) is 2.89. The number of hydrogen-bond acceptors (Lipinski definition) is 9. The van der Waals surface area contributed by atoms with E-state index in [2.05, 4.69) is 20.3 Å². The zero-order valence-electron chi connectivity index (χ0n) is 19.1. The highest BCUT2D eigenvalue weighted by atomic mass is 16.3. The van der Waals surface area contributed by atoms with E-state index in [9.17, 15) is 15.2 Å². The van der Waals surface area contributed by atoms with Crippen LogP contribution < -0.4 is 16.6 Å². The molecule has 0 fully saturated rings. The molecule has 0 bridgehead atoms. The zero-order valence-corrected chi connectivity index (χ0v) is 19.1. The van der Waals surface area contributed by atoms with Crippen LogP contribution >= 0.6 is 0 Å².